The third kappa shape index (κ3) is 5.21. The van der Waals surface area contributed by atoms with E-state index in [0.29, 0.717) is 39.0 Å². The maximum atomic E-state index is 12.5. The Bertz CT molecular complexity index is 725. The average Bonchev–Trinajstić information content (AvgIpc) is 2.68. The Morgan fingerprint density at radius 2 is 1.67 bits per heavy atom. The van der Waals surface area contributed by atoms with Crippen LogP contribution in [0.4, 0.5) is 4.79 Å². The molecule has 1 atom stereocenters. The van der Waals surface area contributed by atoms with Crippen molar-refractivity contribution in [2.75, 3.05) is 32.4 Å². The van der Waals surface area contributed by atoms with Crippen molar-refractivity contribution >= 4 is 16.1 Å². The third-order valence-corrected chi connectivity index (χ3v) is 6.97. The van der Waals surface area contributed by atoms with Gasteiger partial charge in [0.05, 0.1) is 12.4 Å². The number of sulfonamides is 1. The molecule has 0 aliphatic carbocycles. The maximum absolute atomic E-state index is 12.5. The fraction of sp³-hybridized carbons (Fsp3) is 0.632. The van der Waals surface area contributed by atoms with Crippen LogP contribution in [0.3, 0.4) is 0 Å². The zero-order chi connectivity index (χ0) is 19.4. The molecule has 2 N–H and O–H groups in total. The first-order chi connectivity index (χ1) is 12.8. The van der Waals surface area contributed by atoms with Gasteiger partial charge in [0.15, 0.2) is 0 Å². The number of amides is 2. The molecule has 1 aromatic carbocycles. The molecule has 2 fully saturated rings. The van der Waals surface area contributed by atoms with Gasteiger partial charge in [-0.1, -0.05) is 30.3 Å². The lowest BCUT2D eigenvalue weighted by molar-refractivity contribution is 0.0658. The molecule has 7 nitrogen and oxygen atoms in total. The van der Waals surface area contributed by atoms with Crippen molar-refractivity contribution < 1.29 is 18.3 Å². The number of benzene rings is 1. The highest BCUT2D eigenvalue weighted by Crippen LogP contribution is 2.30. The van der Waals surface area contributed by atoms with E-state index in [9.17, 15) is 18.3 Å². The Kier molecular flexibility index (Phi) is 6.39. The van der Waals surface area contributed by atoms with Crippen LogP contribution in [0.2, 0.25) is 0 Å². The van der Waals surface area contributed by atoms with Crippen molar-refractivity contribution in [3.8, 4) is 0 Å². The summed E-state index contributed by atoms with van der Waals surface area (Å²) in [6.45, 7) is 2.16. The zero-order valence-electron chi connectivity index (χ0n) is 15.8. The summed E-state index contributed by atoms with van der Waals surface area (Å²) >= 11 is 0. The minimum atomic E-state index is -3.15. The molecule has 0 saturated carbocycles. The molecule has 2 amide bonds. The van der Waals surface area contributed by atoms with Crippen LogP contribution in [0.25, 0.3) is 0 Å². The summed E-state index contributed by atoms with van der Waals surface area (Å²) in [7, 11) is -3.15. The highest BCUT2D eigenvalue weighted by molar-refractivity contribution is 7.88. The molecule has 1 unspecified atom stereocenters. The molecule has 3 rings (SSSR count). The number of nitrogens with one attached hydrogen (secondary N) is 1. The number of urea groups is 1. The van der Waals surface area contributed by atoms with Crippen LogP contribution in [0.15, 0.2) is 30.3 Å². The number of hydrogen-bond donors (Lipinski definition) is 2. The van der Waals surface area contributed by atoms with E-state index in [-0.39, 0.29) is 18.0 Å². The van der Waals surface area contributed by atoms with E-state index in [0.717, 1.165) is 18.4 Å². The topological polar surface area (TPSA) is 90.0 Å². The second-order valence-corrected chi connectivity index (χ2v) is 9.55. The Morgan fingerprint density at radius 3 is 2.22 bits per heavy atom. The number of aliphatic hydroxyl groups is 1. The molecular weight excluding hydrogens is 366 g/mol. The molecule has 0 bridgehead atoms. The first-order valence-electron chi connectivity index (χ1n) is 9.58. The predicted octanol–water partition coefficient (Wildman–Crippen LogP) is 1.57. The molecule has 2 aliphatic heterocycles. The first kappa shape index (κ1) is 20.1. The van der Waals surface area contributed by atoms with Crippen molar-refractivity contribution in [1.82, 2.24) is 14.5 Å². The van der Waals surface area contributed by atoms with Gasteiger partial charge < -0.3 is 15.3 Å². The van der Waals surface area contributed by atoms with Crippen molar-refractivity contribution in [3.05, 3.63) is 35.9 Å². The van der Waals surface area contributed by atoms with Gasteiger partial charge in [-0.2, -0.15) is 0 Å². The molecule has 0 aromatic heterocycles. The molecule has 2 heterocycles. The van der Waals surface area contributed by atoms with Gasteiger partial charge in [0.2, 0.25) is 10.0 Å². The molecule has 0 spiro atoms. The normalized spacial score (nSPS) is 21.8. The minimum absolute atomic E-state index is 0.0168. The SMILES string of the molecule is CS(=O)(=O)N1CCC(NC(=O)N2CCC(C(O)c3ccccc3)CC2)CC1. The quantitative estimate of drug-likeness (QED) is 0.810. The lowest BCUT2D eigenvalue weighted by Crippen LogP contribution is -2.51. The number of likely N-dealkylation sites (tertiary alicyclic amines) is 1. The molecule has 2 saturated heterocycles. The summed E-state index contributed by atoms with van der Waals surface area (Å²) in [4.78, 5) is 14.3. The molecule has 2 aliphatic rings. The second kappa shape index (κ2) is 8.58. The van der Waals surface area contributed by atoms with Gasteiger partial charge in [0.25, 0.3) is 0 Å². The summed E-state index contributed by atoms with van der Waals surface area (Å²) in [5.74, 6) is 0.162. The highest BCUT2D eigenvalue weighted by atomic mass is 32.2. The largest absolute Gasteiger partial charge is 0.388 e. The number of aliphatic hydroxyl groups excluding tert-OH is 1. The molecule has 0 radical (unpaired) electrons. The second-order valence-electron chi connectivity index (χ2n) is 7.57. The summed E-state index contributed by atoms with van der Waals surface area (Å²) in [5, 5.41) is 13.6. The van der Waals surface area contributed by atoms with Crippen LogP contribution in [0.5, 0.6) is 0 Å². The number of nitrogens with zero attached hydrogens (tertiary/aromatic N) is 2. The number of piperidine rings is 2. The fourth-order valence-electron chi connectivity index (χ4n) is 3.94. The van der Waals surface area contributed by atoms with E-state index in [1.165, 1.54) is 10.6 Å². The number of rotatable bonds is 4. The molecular formula is C19H29N3O4S. The number of carbonyl (C=O) groups is 1. The monoisotopic (exact) mass is 395 g/mol. The Hall–Kier alpha value is -1.64. The summed E-state index contributed by atoms with van der Waals surface area (Å²) in [6, 6.07) is 9.60. The highest BCUT2D eigenvalue weighted by Gasteiger charge is 2.30. The van der Waals surface area contributed by atoms with Crippen molar-refractivity contribution in [2.24, 2.45) is 5.92 Å². The average molecular weight is 396 g/mol. The van der Waals surface area contributed by atoms with Gasteiger partial charge in [-0.05, 0) is 37.2 Å². The molecule has 27 heavy (non-hydrogen) atoms. The van der Waals surface area contributed by atoms with E-state index in [2.05, 4.69) is 5.32 Å². The third-order valence-electron chi connectivity index (χ3n) is 5.66. The van der Waals surface area contributed by atoms with Crippen LogP contribution < -0.4 is 5.32 Å². The summed E-state index contributed by atoms with van der Waals surface area (Å²) < 4.78 is 24.6. The van der Waals surface area contributed by atoms with Gasteiger partial charge in [-0.15, -0.1) is 0 Å². The Morgan fingerprint density at radius 1 is 1.07 bits per heavy atom. The lowest BCUT2D eigenvalue weighted by atomic mass is 9.87. The van der Waals surface area contributed by atoms with Crippen molar-refractivity contribution in [1.29, 1.82) is 0 Å². The van der Waals surface area contributed by atoms with Crippen LogP contribution >= 0.6 is 0 Å². The first-order valence-corrected chi connectivity index (χ1v) is 11.4. The van der Waals surface area contributed by atoms with Crippen molar-refractivity contribution in [3.63, 3.8) is 0 Å². The van der Waals surface area contributed by atoms with E-state index >= 15 is 0 Å². The van der Waals surface area contributed by atoms with Gasteiger partial charge >= 0.3 is 6.03 Å². The lowest BCUT2D eigenvalue weighted by Gasteiger charge is -2.36. The zero-order valence-corrected chi connectivity index (χ0v) is 16.6. The predicted molar refractivity (Wildman–Crippen MR) is 104 cm³/mol. The number of carbonyl (C=O) groups excluding carboxylic acids is 1. The minimum Gasteiger partial charge on any atom is -0.388 e. The maximum Gasteiger partial charge on any atom is 0.317 e. The molecule has 1 aromatic rings. The van der Waals surface area contributed by atoms with Gasteiger partial charge in [0.1, 0.15) is 0 Å². The van der Waals surface area contributed by atoms with Gasteiger partial charge in [-0.3, -0.25) is 0 Å². The summed E-state index contributed by atoms with van der Waals surface area (Å²) in [6.07, 6.45) is 3.56. The van der Waals surface area contributed by atoms with Gasteiger partial charge in [-0.25, -0.2) is 17.5 Å². The standard InChI is InChI=1S/C19H29N3O4S/c1-27(25,26)22-13-9-17(10-14-22)20-19(24)21-11-7-16(8-12-21)18(23)15-5-3-2-4-6-15/h2-6,16-18,23H,7-14H2,1H3,(H,20,24). The van der Waals surface area contributed by atoms with Crippen LogP contribution in [0.1, 0.15) is 37.4 Å². The van der Waals surface area contributed by atoms with E-state index in [1.807, 2.05) is 30.3 Å². The van der Waals surface area contributed by atoms with Gasteiger partial charge in [0, 0.05) is 32.2 Å². The summed E-state index contributed by atoms with van der Waals surface area (Å²) in [5.41, 5.74) is 0.929. The number of hydrogen-bond acceptors (Lipinski definition) is 4. The molecule has 8 heteroatoms. The molecule has 150 valence electrons. The van der Waals surface area contributed by atoms with Crippen LogP contribution in [-0.4, -0.2) is 67.2 Å². The Balaban J connectivity index is 1.44. The Labute approximate surface area is 161 Å². The van der Waals surface area contributed by atoms with Crippen LogP contribution in [-0.2, 0) is 10.0 Å². The fourth-order valence-corrected chi connectivity index (χ4v) is 4.81. The van der Waals surface area contributed by atoms with E-state index in [1.54, 1.807) is 4.90 Å². The van der Waals surface area contributed by atoms with E-state index in [4.69, 9.17) is 0 Å². The van der Waals surface area contributed by atoms with E-state index < -0.39 is 16.1 Å². The smallest absolute Gasteiger partial charge is 0.317 e. The van der Waals surface area contributed by atoms with Crippen LogP contribution in [0, 0.1) is 5.92 Å². The van der Waals surface area contributed by atoms with Crippen molar-refractivity contribution in [2.45, 2.75) is 37.8 Å².